The molecule has 43 heavy (non-hydrogen) atoms. The third-order valence-electron chi connectivity index (χ3n) is 9.04. The molecule has 0 aliphatic carbocycles. The van der Waals surface area contributed by atoms with Crippen LogP contribution in [0.15, 0.2) is 133 Å². The first-order valence-corrected chi connectivity index (χ1v) is 15.5. The normalized spacial score (nSPS) is 14.7. The van der Waals surface area contributed by atoms with Gasteiger partial charge in [0, 0.05) is 41.9 Å². The smallest absolute Gasteiger partial charge is 0.197 e. The lowest BCUT2D eigenvalue weighted by atomic mass is 10.0. The second-order valence-corrected chi connectivity index (χ2v) is 12.4. The maximum atomic E-state index is 6.79. The molecule has 0 radical (unpaired) electrons. The fourth-order valence-electron chi connectivity index (χ4n) is 7.18. The van der Waals surface area contributed by atoms with Crippen LogP contribution in [0.2, 0.25) is 0 Å². The lowest BCUT2D eigenvalue weighted by molar-refractivity contribution is 0.264. The topological polar surface area (TPSA) is 26.2 Å². The summed E-state index contributed by atoms with van der Waals surface area (Å²) in [6.45, 7) is 0. The summed E-state index contributed by atoms with van der Waals surface area (Å²) in [5, 5.41) is 13.6. The molecule has 0 saturated carbocycles. The highest BCUT2D eigenvalue weighted by Crippen LogP contribution is 2.49. The van der Waals surface area contributed by atoms with E-state index in [1.165, 1.54) is 69.2 Å². The molecule has 3 nitrogen and oxygen atoms in total. The summed E-state index contributed by atoms with van der Waals surface area (Å²) in [5.41, 5.74) is 5.77. The van der Waals surface area contributed by atoms with Crippen molar-refractivity contribution < 1.29 is 4.74 Å². The highest BCUT2D eigenvalue weighted by Gasteiger charge is 2.29. The van der Waals surface area contributed by atoms with E-state index in [1.807, 2.05) is 11.3 Å². The van der Waals surface area contributed by atoms with Gasteiger partial charge in [0.05, 0.1) is 22.4 Å². The molecule has 0 amide bonds. The molecule has 4 heteroatoms. The van der Waals surface area contributed by atoms with Gasteiger partial charge in [0.1, 0.15) is 0 Å². The number of fused-ring (bicyclic) bond motifs is 11. The molecule has 1 aliphatic rings. The third kappa shape index (κ3) is 3.19. The second-order valence-electron chi connectivity index (χ2n) is 11.3. The monoisotopic (exact) mass is 568 g/mol. The van der Waals surface area contributed by atoms with E-state index in [2.05, 4.69) is 143 Å². The average Bonchev–Trinajstić information content (AvgIpc) is 3.76. The molecule has 0 saturated heterocycles. The summed E-state index contributed by atoms with van der Waals surface area (Å²) in [7, 11) is 0. The Labute approximate surface area is 251 Å². The van der Waals surface area contributed by atoms with Crippen molar-refractivity contribution in [1.29, 1.82) is 0 Å². The van der Waals surface area contributed by atoms with Gasteiger partial charge in [-0.2, -0.15) is 0 Å². The van der Waals surface area contributed by atoms with Gasteiger partial charge in [0.25, 0.3) is 0 Å². The molecular formula is C39H24N2OS. The molecule has 0 fully saturated rings. The van der Waals surface area contributed by atoms with Crippen molar-refractivity contribution in [1.82, 2.24) is 4.57 Å². The third-order valence-corrected chi connectivity index (χ3v) is 10.2. The molecule has 9 aromatic rings. The number of thiophene rings is 1. The van der Waals surface area contributed by atoms with Gasteiger partial charge in [0.2, 0.25) is 0 Å². The molecule has 0 spiro atoms. The van der Waals surface area contributed by atoms with Crippen LogP contribution in [-0.4, -0.2) is 4.57 Å². The molecule has 1 atom stereocenters. The van der Waals surface area contributed by atoms with Crippen molar-refractivity contribution in [2.24, 2.45) is 0 Å². The Bertz CT molecular complexity index is 2590. The molecule has 3 heterocycles. The molecule has 7 aromatic carbocycles. The van der Waals surface area contributed by atoms with E-state index in [-0.39, 0.29) is 6.23 Å². The van der Waals surface area contributed by atoms with E-state index in [4.69, 9.17) is 4.74 Å². The van der Waals surface area contributed by atoms with E-state index in [0.29, 0.717) is 0 Å². The summed E-state index contributed by atoms with van der Waals surface area (Å²) in [6, 6.07) is 48.2. The fourth-order valence-corrected chi connectivity index (χ4v) is 8.28. The van der Waals surface area contributed by atoms with Gasteiger partial charge < -0.3 is 14.6 Å². The standard InChI is InChI=1S/C39H24N2OS/c1-2-10-24-23(9-1)17-20-33-36(24)28-13-5-7-15-31(28)41(33)32-21-18-27(25-11-3-4-12-26(25)32)39-40-30-19-22-35-37(38(30)42-39)29-14-6-8-16-34(29)43-35/h1-22,39-40H. The first-order valence-electron chi connectivity index (χ1n) is 14.6. The van der Waals surface area contributed by atoms with Crippen molar-refractivity contribution in [3.8, 4) is 11.4 Å². The zero-order chi connectivity index (χ0) is 28.1. The van der Waals surface area contributed by atoms with Crippen LogP contribution in [0.5, 0.6) is 5.75 Å². The highest BCUT2D eigenvalue weighted by atomic mass is 32.1. The van der Waals surface area contributed by atoms with Crippen LogP contribution in [0.4, 0.5) is 5.69 Å². The number of rotatable bonds is 2. The summed E-state index contributed by atoms with van der Waals surface area (Å²) in [5.74, 6) is 0.947. The number of benzene rings is 7. The maximum Gasteiger partial charge on any atom is 0.197 e. The molecule has 2 aromatic heterocycles. The number of nitrogens with one attached hydrogen (secondary N) is 1. The Hall–Kier alpha value is -5.32. The molecule has 1 N–H and O–H groups in total. The van der Waals surface area contributed by atoms with Crippen LogP contribution in [0.3, 0.4) is 0 Å². The van der Waals surface area contributed by atoms with Gasteiger partial charge in [-0.3, -0.25) is 0 Å². The molecule has 0 bridgehead atoms. The first-order chi connectivity index (χ1) is 21.3. The lowest BCUT2D eigenvalue weighted by Gasteiger charge is -2.18. The van der Waals surface area contributed by atoms with Crippen molar-refractivity contribution >= 4 is 80.5 Å². The van der Waals surface area contributed by atoms with Gasteiger partial charge in [0.15, 0.2) is 12.0 Å². The lowest BCUT2D eigenvalue weighted by Crippen LogP contribution is -2.11. The van der Waals surface area contributed by atoms with Crippen LogP contribution >= 0.6 is 11.3 Å². The average molecular weight is 569 g/mol. The Morgan fingerprint density at radius 2 is 1.28 bits per heavy atom. The van der Waals surface area contributed by atoms with E-state index >= 15 is 0 Å². The van der Waals surface area contributed by atoms with Crippen LogP contribution in [0.1, 0.15) is 11.8 Å². The summed E-state index contributed by atoms with van der Waals surface area (Å²) < 4.78 is 11.8. The van der Waals surface area contributed by atoms with E-state index < -0.39 is 0 Å². The number of hydrogen-bond donors (Lipinski definition) is 1. The van der Waals surface area contributed by atoms with Crippen LogP contribution in [0.25, 0.3) is 69.2 Å². The quantitative estimate of drug-likeness (QED) is 0.224. The van der Waals surface area contributed by atoms with E-state index in [0.717, 1.165) is 17.0 Å². The summed E-state index contributed by atoms with van der Waals surface area (Å²) in [6.07, 6.45) is -0.277. The largest absolute Gasteiger partial charge is 0.464 e. The van der Waals surface area contributed by atoms with Crippen molar-refractivity contribution in [3.05, 3.63) is 139 Å². The minimum absolute atomic E-state index is 0.277. The van der Waals surface area contributed by atoms with Crippen molar-refractivity contribution in [2.75, 3.05) is 5.32 Å². The van der Waals surface area contributed by atoms with Crippen LogP contribution in [-0.2, 0) is 0 Å². The Kier molecular flexibility index (Phi) is 4.65. The first kappa shape index (κ1) is 23.3. The van der Waals surface area contributed by atoms with Crippen LogP contribution < -0.4 is 10.1 Å². The number of nitrogens with zero attached hydrogens (tertiary/aromatic N) is 1. The van der Waals surface area contributed by atoms with Gasteiger partial charge in [-0.15, -0.1) is 11.3 Å². The van der Waals surface area contributed by atoms with Crippen molar-refractivity contribution in [3.63, 3.8) is 0 Å². The summed E-state index contributed by atoms with van der Waals surface area (Å²) in [4.78, 5) is 0. The predicted molar refractivity (Wildman–Crippen MR) is 182 cm³/mol. The predicted octanol–water partition coefficient (Wildman–Crippen LogP) is 11.0. The zero-order valence-corrected chi connectivity index (χ0v) is 23.9. The molecule has 1 unspecified atom stereocenters. The highest BCUT2D eigenvalue weighted by molar-refractivity contribution is 7.25. The van der Waals surface area contributed by atoms with E-state index in [1.54, 1.807) is 0 Å². The molecular weight excluding hydrogens is 545 g/mol. The van der Waals surface area contributed by atoms with Gasteiger partial charge in [-0.25, -0.2) is 0 Å². The minimum atomic E-state index is -0.277. The van der Waals surface area contributed by atoms with Crippen molar-refractivity contribution in [2.45, 2.75) is 6.23 Å². The van der Waals surface area contributed by atoms with Crippen LogP contribution in [0, 0.1) is 0 Å². The minimum Gasteiger partial charge on any atom is -0.464 e. The number of aromatic nitrogens is 1. The zero-order valence-electron chi connectivity index (χ0n) is 23.0. The van der Waals surface area contributed by atoms with Gasteiger partial charge in [-0.05, 0) is 52.6 Å². The fraction of sp³-hybridized carbons (Fsp3) is 0.0256. The number of anilines is 1. The summed E-state index contributed by atoms with van der Waals surface area (Å²) >= 11 is 1.82. The van der Waals surface area contributed by atoms with E-state index in [9.17, 15) is 0 Å². The number of hydrogen-bond acceptors (Lipinski definition) is 3. The van der Waals surface area contributed by atoms with Gasteiger partial charge >= 0.3 is 0 Å². The Morgan fingerprint density at radius 3 is 2.19 bits per heavy atom. The molecule has 202 valence electrons. The number of para-hydroxylation sites is 1. The molecule has 10 rings (SSSR count). The van der Waals surface area contributed by atoms with Gasteiger partial charge in [-0.1, -0.05) is 97.1 Å². The Morgan fingerprint density at radius 1 is 0.535 bits per heavy atom. The maximum absolute atomic E-state index is 6.79. The SMILES string of the molecule is c1ccc2c(c1)ccc1c2c2ccccc2n1-c1ccc(C2Nc3ccc4sc5ccccc5c4c3O2)c2ccccc12. The Balaban J connectivity index is 1.18. The second kappa shape index (κ2) is 8.60. The number of ether oxygens (including phenoxy) is 1. The molecule has 1 aliphatic heterocycles.